The fraction of sp³-hybridized carbons (Fsp3) is 0.267. The summed E-state index contributed by atoms with van der Waals surface area (Å²) in [4.78, 5) is 4.35. The van der Waals surface area contributed by atoms with Gasteiger partial charge in [0.1, 0.15) is 5.82 Å². The van der Waals surface area contributed by atoms with Gasteiger partial charge in [-0.3, -0.25) is 4.98 Å². The van der Waals surface area contributed by atoms with Crippen molar-refractivity contribution < 1.29 is 4.39 Å². The van der Waals surface area contributed by atoms with Crippen LogP contribution in [0.25, 0.3) is 0 Å². The Morgan fingerprint density at radius 1 is 1.06 bits per heavy atom. The molecule has 0 aliphatic rings. The Bertz CT molecular complexity index is 491. The van der Waals surface area contributed by atoms with Crippen LogP contribution in [0.2, 0.25) is 0 Å². The van der Waals surface area contributed by atoms with Gasteiger partial charge >= 0.3 is 0 Å². The van der Waals surface area contributed by atoms with Crippen LogP contribution in [0.1, 0.15) is 25.1 Å². The molecule has 0 radical (unpaired) electrons. The van der Waals surface area contributed by atoms with E-state index in [1.54, 1.807) is 12.3 Å². The summed E-state index contributed by atoms with van der Waals surface area (Å²) in [6.07, 6.45) is 2.43. The summed E-state index contributed by atoms with van der Waals surface area (Å²) in [6, 6.07) is 12.8. The lowest BCUT2D eigenvalue weighted by atomic mass is 9.82. The molecule has 0 aliphatic carbocycles. The van der Waals surface area contributed by atoms with Gasteiger partial charge in [0.15, 0.2) is 0 Å². The molecule has 1 nitrogen and oxygen atoms in total. The molecule has 1 aromatic heterocycles. The largest absolute Gasteiger partial charge is 0.261 e. The molecule has 88 valence electrons. The third kappa shape index (κ3) is 2.70. The predicted molar refractivity (Wildman–Crippen MR) is 67.4 cm³/mol. The van der Waals surface area contributed by atoms with E-state index in [4.69, 9.17) is 0 Å². The maximum absolute atomic E-state index is 13.6. The van der Waals surface area contributed by atoms with Gasteiger partial charge in [-0.2, -0.15) is 0 Å². The van der Waals surface area contributed by atoms with E-state index in [1.165, 1.54) is 6.07 Å². The molecule has 0 unspecified atom stereocenters. The molecule has 0 atom stereocenters. The lowest BCUT2D eigenvalue weighted by Gasteiger charge is -2.24. The monoisotopic (exact) mass is 229 g/mol. The van der Waals surface area contributed by atoms with Gasteiger partial charge in [-0.1, -0.05) is 38.1 Å². The number of pyridine rings is 1. The third-order valence-electron chi connectivity index (χ3n) is 2.95. The first kappa shape index (κ1) is 11.8. The first-order valence-corrected chi connectivity index (χ1v) is 5.74. The molecule has 1 heterocycles. The Labute approximate surface area is 101 Å². The van der Waals surface area contributed by atoms with Gasteiger partial charge in [0.2, 0.25) is 0 Å². The van der Waals surface area contributed by atoms with Gasteiger partial charge in [0.25, 0.3) is 0 Å². The maximum atomic E-state index is 13.6. The summed E-state index contributed by atoms with van der Waals surface area (Å²) in [7, 11) is 0. The second-order valence-electron chi connectivity index (χ2n) is 4.87. The Morgan fingerprint density at radius 2 is 1.76 bits per heavy atom. The van der Waals surface area contributed by atoms with Crippen molar-refractivity contribution in [1.82, 2.24) is 4.98 Å². The van der Waals surface area contributed by atoms with Crippen molar-refractivity contribution in [3.8, 4) is 0 Å². The Hall–Kier alpha value is -1.70. The number of rotatable bonds is 3. The summed E-state index contributed by atoms with van der Waals surface area (Å²) < 4.78 is 13.6. The van der Waals surface area contributed by atoms with Crippen molar-refractivity contribution in [3.05, 3.63) is 65.7 Å². The van der Waals surface area contributed by atoms with Crippen LogP contribution in [0.15, 0.2) is 48.7 Å². The Balaban J connectivity index is 2.27. The summed E-state index contributed by atoms with van der Waals surface area (Å²) in [5.41, 5.74) is 1.56. The zero-order valence-corrected chi connectivity index (χ0v) is 10.2. The number of halogens is 1. The molecule has 0 amide bonds. The zero-order chi connectivity index (χ0) is 12.3. The minimum atomic E-state index is -0.163. The van der Waals surface area contributed by atoms with Crippen LogP contribution in [0.3, 0.4) is 0 Å². The van der Waals surface area contributed by atoms with Gasteiger partial charge in [-0.05, 0) is 30.2 Å². The number of benzene rings is 1. The summed E-state index contributed by atoms with van der Waals surface area (Å²) >= 11 is 0. The maximum Gasteiger partial charge on any atom is 0.126 e. The minimum absolute atomic E-state index is 0.142. The lowest BCUT2D eigenvalue weighted by Crippen LogP contribution is -2.22. The van der Waals surface area contributed by atoms with Crippen LogP contribution in [-0.2, 0) is 11.8 Å². The van der Waals surface area contributed by atoms with Crippen LogP contribution < -0.4 is 0 Å². The quantitative estimate of drug-likeness (QED) is 0.781. The highest BCUT2D eigenvalue weighted by atomic mass is 19.1. The molecular weight excluding hydrogens is 213 g/mol. The molecule has 0 saturated heterocycles. The summed E-state index contributed by atoms with van der Waals surface area (Å²) in [5.74, 6) is -0.142. The highest BCUT2D eigenvalue weighted by molar-refractivity contribution is 5.24. The molecule has 2 aromatic rings. The normalized spacial score (nSPS) is 11.5. The summed E-state index contributed by atoms with van der Waals surface area (Å²) in [6.45, 7) is 4.17. The fourth-order valence-corrected chi connectivity index (χ4v) is 1.97. The van der Waals surface area contributed by atoms with E-state index in [-0.39, 0.29) is 11.2 Å². The van der Waals surface area contributed by atoms with Gasteiger partial charge in [0.05, 0.1) is 0 Å². The molecule has 0 aliphatic heterocycles. The van der Waals surface area contributed by atoms with E-state index in [0.29, 0.717) is 6.42 Å². The van der Waals surface area contributed by atoms with Gasteiger partial charge in [0, 0.05) is 17.3 Å². The van der Waals surface area contributed by atoms with Crippen LogP contribution in [-0.4, -0.2) is 4.98 Å². The van der Waals surface area contributed by atoms with Crippen molar-refractivity contribution in [3.63, 3.8) is 0 Å². The molecule has 0 spiro atoms. The second kappa shape index (κ2) is 4.66. The first-order valence-electron chi connectivity index (χ1n) is 5.74. The highest BCUT2D eigenvalue weighted by Crippen LogP contribution is 2.26. The first-order chi connectivity index (χ1) is 8.09. The van der Waals surface area contributed by atoms with Crippen molar-refractivity contribution in [1.29, 1.82) is 0 Å². The average molecular weight is 229 g/mol. The van der Waals surface area contributed by atoms with Crippen molar-refractivity contribution >= 4 is 0 Å². The van der Waals surface area contributed by atoms with Gasteiger partial charge in [-0.25, -0.2) is 4.39 Å². The third-order valence-corrected chi connectivity index (χ3v) is 2.95. The Kier molecular flexibility index (Phi) is 3.23. The molecule has 2 rings (SSSR count). The van der Waals surface area contributed by atoms with Crippen molar-refractivity contribution in [2.45, 2.75) is 25.7 Å². The molecule has 17 heavy (non-hydrogen) atoms. The lowest BCUT2D eigenvalue weighted by molar-refractivity contribution is 0.487. The highest BCUT2D eigenvalue weighted by Gasteiger charge is 2.23. The van der Waals surface area contributed by atoms with Crippen LogP contribution in [0.5, 0.6) is 0 Å². The second-order valence-corrected chi connectivity index (χ2v) is 4.87. The van der Waals surface area contributed by atoms with Crippen molar-refractivity contribution in [2.24, 2.45) is 0 Å². The predicted octanol–water partition coefficient (Wildman–Crippen LogP) is 3.74. The number of hydrogen-bond donors (Lipinski definition) is 0. The minimum Gasteiger partial charge on any atom is -0.261 e. The van der Waals surface area contributed by atoms with Gasteiger partial charge in [-0.15, -0.1) is 0 Å². The molecule has 0 bridgehead atoms. The molecule has 0 N–H and O–H groups in total. The Morgan fingerprint density at radius 3 is 2.41 bits per heavy atom. The van der Waals surface area contributed by atoms with E-state index in [0.717, 1.165) is 11.3 Å². The molecular formula is C15H16FN. The molecule has 2 heteroatoms. The standard InChI is InChI=1S/C15H16FN/c1-15(2,14-9-5-6-10-17-14)11-12-7-3-4-8-13(12)16/h3-10H,11H2,1-2H3. The molecule has 0 fully saturated rings. The topological polar surface area (TPSA) is 12.9 Å². The van der Waals surface area contributed by atoms with Gasteiger partial charge < -0.3 is 0 Å². The number of hydrogen-bond acceptors (Lipinski definition) is 1. The van der Waals surface area contributed by atoms with E-state index in [9.17, 15) is 4.39 Å². The summed E-state index contributed by atoms with van der Waals surface area (Å²) in [5, 5.41) is 0. The smallest absolute Gasteiger partial charge is 0.126 e. The van der Waals surface area contributed by atoms with Crippen molar-refractivity contribution in [2.75, 3.05) is 0 Å². The van der Waals surface area contributed by atoms with E-state index >= 15 is 0 Å². The SMILES string of the molecule is CC(C)(Cc1ccccc1F)c1ccccn1. The number of aromatic nitrogens is 1. The number of nitrogens with zero attached hydrogens (tertiary/aromatic N) is 1. The van der Waals surface area contributed by atoms with E-state index in [2.05, 4.69) is 18.8 Å². The van der Waals surface area contributed by atoms with E-state index < -0.39 is 0 Å². The van der Waals surface area contributed by atoms with E-state index in [1.807, 2.05) is 30.3 Å². The van der Waals surface area contributed by atoms with Crippen LogP contribution >= 0.6 is 0 Å². The zero-order valence-electron chi connectivity index (χ0n) is 10.2. The fourth-order valence-electron chi connectivity index (χ4n) is 1.97. The molecule has 1 aromatic carbocycles. The average Bonchev–Trinajstić information content (AvgIpc) is 2.33. The molecule has 0 saturated carbocycles. The van der Waals surface area contributed by atoms with Crippen LogP contribution in [0, 0.1) is 5.82 Å². The van der Waals surface area contributed by atoms with Crippen LogP contribution in [0.4, 0.5) is 4.39 Å².